The topological polar surface area (TPSA) is 0 Å². The number of rotatable bonds is 0. The molecule has 0 saturated carbocycles. The first-order valence-corrected chi connectivity index (χ1v) is 5.30. The Kier molecular flexibility index (Phi) is 2.49. The third-order valence-corrected chi connectivity index (χ3v) is 3.95. The fraction of sp³-hybridized carbons (Fsp3) is 0. The Morgan fingerprint density at radius 1 is 1.14 bits per heavy atom. The SMILES string of the molecule is F[As](F)(F)=C([Si])[Si]. The molecule has 0 saturated heterocycles. The van der Waals surface area contributed by atoms with Crippen molar-refractivity contribution in [2.24, 2.45) is 0 Å². The van der Waals surface area contributed by atoms with Gasteiger partial charge in [-0.2, -0.15) is 0 Å². The summed E-state index contributed by atoms with van der Waals surface area (Å²) in [6, 6.07) is 0. The van der Waals surface area contributed by atoms with E-state index in [0.717, 1.165) is 0 Å². The van der Waals surface area contributed by atoms with Crippen LogP contribution in [0, 0.1) is 0 Å². The molecule has 0 aliphatic carbocycles. The minimum atomic E-state index is -5.78. The summed E-state index contributed by atoms with van der Waals surface area (Å²) in [5.74, 6) is 0. The molecule has 0 heterocycles. The average molecular weight is 200 g/mol. The van der Waals surface area contributed by atoms with E-state index >= 15 is 0 Å². The Morgan fingerprint density at radius 2 is 1.29 bits per heavy atom. The number of hydrogen-bond acceptors (Lipinski definition) is 0. The Morgan fingerprint density at radius 3 is 1.29 bits per heavy atom. The molecule has 38 valence electrons. The van der Waals surface area contributed by atoms with E-state index in [1.165, 1.54) is 0 Å². The summed E-state index contributed by atoms with van der Waals surface area (Å²) < 4.78 is 32.9. The zero-order valence-corrected chi connectivity index (χ0v) is 6.96. The summed E-state index contributed by atoms with van der Waals surface area (Å²) in [7, 11) is 4.65. The predicted octanol–water partition coefficient (Wildman–Crippen LogP) is -0.160. The van der Waals surface area contributed by atoms with Crippen molar-refractivity contribution < 1.29 is 10.4 Å². The molecule has 0 fully saturated rings. The summed E-state index contributed by atoms with van der Waals surface area (Å²) >= 11 is -5.78. The van der Waals surface area contributed by atoms with Crippen molar-refractivity contribution in [3.63, 3.8) is 0 Å². The Bertz CT molecular complexity index is 102. The van der Waals surface area contributed by atoms with Crippen LogP contribution in [0.2, 0.25) is 0 Å². The van der Waals surface area contributed by atoms with Crippen LogP contribution in [0.5, 0.6) is 0 Å². The van der Waals surface area contributed by atoms with Crippen molar-refractivity contribution in [3.8, 4) is 0 Å². The molecule has 0 bridgehead atoms. The van der Waals surface area contributed by atoms with Crippen molar-refractivity contribution in [3.05, 3.63) is 0 Å². The first-order valence-electron chi connectivity index (χ1n) is 1.23. The summed E-state index contributed by atoms with van der Waals surface area (Å²) in [5.41, 5.74) is 0. The van der Waals surface area contributed by atoms with Gasteiger partial charge in [-0.05, 0) is 0 Å². The van der Waals surface area contributed by atoms with Crippen LogP contribution in [0.25, 0.3) is 0 Å². The van der Waals surface area contributed by atoms with E-state index in [1.807, 2.05) is 0 Å². The van der Waals surface area contributed by atoms with Gasteiger partial charge < -0.3 is 0 Å². The van der Waals surface area contributed by atoms with Gasteiger partial charge in [-0.25, -0.2) is 0 Å². The molecule has 0 spiro atoms. The van der Waals surface area contributed by atoms with E-state index in [4.69, 9.17) is 0 Å². The third kappa shape index (κ3) is 3.25. The first-order chi connectivity index (χ1) is 2.94. The van der Waals surface area contributed by atoms with Crippen molar-refractivity contribution in [2.75, 3.05) is 0 Å². The molecule has 7 heavy (non-hydrogen) atoms. The van der Waals surface area contributed by atoms with E-state index in [9.17, 15) is 10.4 Å². The summed E-state index contributed by atoms with van der Waals surface area (Å²) in [6.45, 7) is 0. The van der Waals surface area contributed by atoms with E-state index in [1.54, 1.807) is 0 Å². The normalized spacial score (nSPS) is 11.6. The zero-order chi connectivity index (χ0) is 6.08. The molecular formula is CAsF3Si2. The van der Waals surface area contributed by atoms with Crippen LogP contribution < -0.4 is 0 Å². The van der Waals surface area contributed by atoms with Crippen molar-refractivity contribution in [1.29, 1.82) is 0 Å². The molecule has 0 aromatic heterocycles. The van der Waals surface area contributed by atoms with Crippen molar-refractivity contribution in [2.45, 2.75) is 0 Å². The molecule has 0 N–H and O–H groups in total. The van der Waals surface area contributed by atoms with Crippen LogP contribution in [-0.4, -0.2) is 38.6 Å². The van der Waals surface area contributed by atoms with Crippen LogP contribution in [0.3, 0.4) is 0 Å². The van der Waals surface area contributed by atoms with Gasteiger partial charge in [0, 0.05) is 0 Å². The predicted molar refractivity (Wildman–Crippen MR) is 25.6 cm³/mol. The van der Waals surface area contributed by atoms with Gasteiger partial charge in [0.1, 0.15) is 0 Å². The molecule has 0 atom stereocenters. The monoisotopic (exact) mass is 200 g/mol. The molecule has 0 rings (SSSR count). The van der Waals surface area contributed by atoms with Crippen LogP contribution in [0.4, 0.5) is 10.4 Å². The molecule has 0 aliphatic rings. The second-order valence-electron chi connectivity index (χ2n) is 0.794. The van der Waals surface area contributed by atoms with Crippen molar-refractivity contribution in [1.82, 2.24) is 0 Å². The molecule has 0 aromatic carbocycles. The average Bonchev–Trinajstić information content (AvgIpc) is 1.31. The molecule has 0 unspecified atom stereocenters. The third-order valence-electron chi connectivity index (χ3n) is 0.254. The summed E-state index contributed by atoms with van der Waals surface area (Å²) in [4.78, 5) is 0. The van der Waals surface area contributed by atoms with Gasteiger partial charge >= 0.3 is 49.0 Å². The maximum absolute atomic E-state index is 11.2. The van der Waals surface area contributed by atoms with Crippen LogP contribution >= 0.6 is 0 Å². The van der Waals surface area contributed by atoms with E-state index < -0.39 is 18.1 Å². The van der Waals surface area contributed by atoms with E-state index in [-0.39, 0.29) is 0 Å². The summed E-state index contributed by atoms with van der Waals surface area (Å²) in [6.07, 6.45) is 0. The molecule has 0 aliphatic heterocycles. The maximum atomic E-state index is 11.2. The second-order valence-corrected chi connectivity index (χ2v) is 6.92. The fourth-order valence-corrected chi connectivity index (χ4v) is 0. The van der Waals surface area contributed by atoms with E-state index in [2.05, 4.69) is 20.5 Å². The zero-order valence-electron chi connectivity index (χ0n) is 3.08. The molecular weight excluding hydrogens is 200 g/mol. The Labute approximate surface area is 49.4 Å². The molecule has 0 amide bonds. The van der Waals surface area contributed by atoms with Gasteiger partial charge in [0.15, 0.2) is 0 Å². The minimum absolute atomic E-state index is 0.724. The Hall–Kier alpha value is 0.652. The van der Waals surface area contributed by atoms with E-state index in [0.29, 0.717) is 0 Å². The quantitative estimate of drug-likeness (QED) is 0.477. The van der Waals surface area contributed by atoms with Gasteiger partial charge in [-0.3, -0.25) is 0 Å². The van der Waals surface area contributed by atoms with Crippen LogP contribution in [0.15, 0.2) is 0 Å². The van der Waals surface area contributed by atoms with Gasteiger partial charge in [-0.1, -0.05) is 0 Å². The number of halogens is 3. The fourth-order valence-electron chi connectivity index (χ4n) is 0. The van der Waals surface area contributed by atoms with Crippen LogP contribution in [-0.2, 0) is 0 Å². The van der Waals surface area contributed by atoms with Gasteiger partial charge in [0.05, 0.1) is 0 Å². The Balaban J connectivity index is 4.28. The van der Waals surface area contributed by atoms with Gasteiger partial charge in [0.25, 0.3) is 0 Å². The molecule has 0 nitrogen and oxygen atoms in total. The summed E-state index contributed by atoms with van der Waals surface area (Å²) in [5, 5.41) is 0. The number of hydrogen-bond donors (Lipinski definition) is 0. The van der Waals surface area contributed by atoms with Gasteiger partial charge in [-0.15, -0.1) is 0 Å². The van der Waals surface area contributed by atoms with Gasteiger partial charge in [0.2, 0.25) is 0 Å². The van der Waals surface area contributed by atoms with Crippen molar-refractivity contribution >= 4 is 38.6 Å². The first kappa shape index (κ1) is 7.65. The molecule has 6 heteroatoms. The molecule has 0 aromatic rings. The van der Waals surface area contributed by atoms with Crippen LogP contribution in [0.1, 0.15) is 0 Å². The second kappa shape index (κ2) is 2.28. The molecule has 6 radical (unpaired) electrons. The standard InChI is InChI=1S/CAsF3Si2/c3-2(4,5)1(6)7.